The van der Waals surface area contributed by atoms with E-state index in [1.54, 1.807) is 21.3 Å². The monoisotopic (exact) mass is 471 g/mol. The smallest absolute Gasteiger partial charge is 0.196 e. The molecule has 142 valence electrons. The first kappa shape index (κ1) is 21.9. The summed E-state index contributed by atoms with van der Waals surface area (Å²) in [6.07, 6.45) is 0. The minimum atomic E-state index is 0. The van der Waals surface area contributed by atoms with Gasteiger partial charge in [0.05, 0.1) is 27.9 Å². The average Bonchev–Trinajstić information content (AvgIpc) is 2.66. The molecule has 0 aliphatic heterocycles. The molecule has 2 rings (SSSR count). The predicted octanol–water partition coefficient (Wildman–Crippen LogP) is 3.91. The molecule has 2 N–H and O–H groups in total. The molecule has 0 spiro atoms. The van der Waals surface area contributed by atoms with Crippen molar-refractivity contribution in [1.29, 1.82) is 0 Å². The topological polar surface area (TPSA) is 64.1 Å². The zero-order chi connectivity index (χ0) is 18.1. The van der Waals surface area contributed by atoms with Gasteiger partial charge in [0.15, 0.2) is 17.5 Å². The number of hydrogen-bond acceptors (Lipinski definition) is 4. The van der Waals surface area contributed by atoms with Gasteiger partial charge in [-0.2, -0.15) is 0 Å². The third kappa shape index (κ3) is 5.98. The molecule has 0 aliphatic carbocycles. The number of para-hydroxylation sites is 1. The molecule has 6 nitrogen and oxygen atoms in total. The van der Waals surface area contributed by atoms with Crippen LogP contribution in [0.25, 0.3) is 0 Å². The third-order valence-corrected chi connectivity index (χ3v) is 3.59. The Bertz CT molecular complexity index is 723. The Morgan fingerprint density at radius 1 is 0.923 bits per heavy atom. The van der Waals surface area contributed by atoms with E-state index in [1.807, 2.05) is 49.4 Å². The number of halogens is 1. The van der Waals surface area contributed by atoms with Crippen LogP contribution >= 0.6 is 24.0 Å². The van der Waals surface area contributed by atoms with Crippen molar-refractivity contribution in [2.75, 3.05) is 33.2 Å². The van der Waals surface area contributed by atoms with Crippen LogP contribution in [0.2, 0.25) is 0 Å². The van der Waals surface area contributed by atoms with Gasteiger partial charge in [0, 0.05) is 23.9 Å². The number of anilines is 1. The number of rotatable bonds is 7. The van der Waals surface area contributed by atoms with Crippen molar-refractivity contribution >= 4 is 35.6 Å². The number of guanidine groups is 1. The van der Waals surface area contributed by atoms with Crippen LogP contribution in [0.15, 0.2) is 47.5 Å². The lowest BCUT2D eigenvalue weighted by Gasteiger charge is -2.14. The highest BCUT2D eigenvalue weighted by molar-refractivity contribution is 14.0. The van der Waals surface area contributed by atoms with Crippen LogP contribution in [-0.2, 0) is 6.54 Å². The molecule has 0 atom stereocenters. The molecule has 0 aromatic heterocycles. The summed E-state index contributed by atoms with van der Waals surface area (Å²) in [5, 5.41) is 6.51. The van der Waals surface area contributed by atoms with Crippen LogP contribution in [0, 0.1) is 0 Å². The van der Waals surface area contributed by atoms with Gasteiger partial charge >= 0.3 is 0 Å². The number of hydrogen-bond donors (Lipinski definition) is 2. The quantitative estimate of drug-likeness (QED) is 0.364. The number of aliphatic imine (C=N–C) groups is 1. The molecule has 0 bridgehead atoms. The Balaban J connectivity index is 0.00000338. The van der Waals surface area contributed by atoms with Crippen LogP contribution < -0.4 is 24.8 Å². The molecule has 0 amide bonds. The number of nitrogens with one attached hydrogen (secondary N) is 2. The summed E-state index contributed by atoms with van der Waals surface area (Å²) in [6, 6.07) is 13.5. The van der Waals surface area contributed by atoms with E-state index in [9.17, 15) is 0 Å². The predicted molar refractivity (Wildman–Crippen MR) is 116 cm³/mol. The highest BCUT2D eigenvalue weighted by atomic mass is 127. The molecular weight excluding hydrogens is 445 g/mol. The maximum atomic E-state index is 5.37. The Hall–Kier alpha value is -2.16. The standard InChI is InChI=1S/C19H25N3O3.HI/c1-5-20-19(21-13-14-8-6-7-9-16(14)23-2)22-15-10-11-17(24-3)18(12-15)25-4;/h6-12H,5,13H2,1-4H3,(H2,20,21,22);1H. The fourth-order valence-electron chi connectivity index (χ4n) is 2.36. The van der Waals surface area contributed by atoms with Gasteiger partial charge in [0.25, 0.3) is 0 Å². The van der Waals surface area contributed by atoms with E-state index >= 15 is 0 Å². The molecule has 0 aliphatic rings. The van der Waals surface area contributed by atoms with Crippen molar-refractivity contribution in [3.05, 3.63) is 48.0 Å². The van der Waals surface area contributed by atoms with E-state index in [-0.39, 0.29) is 24.0 Å². The van der Waals surface area contributed by atoms with E-state index in [1.165, 1.54) is 0 Å². The average molecular weight is 471 g/mol. The molecule has 0 radical (unpaired) electrons. The van der Waals surface area contributed by atoms with Crippen molar-refractivity contribution in [3.63, 3.8) is 0 Å². The lowest BCUT2D eigenvalue weighted by Crippen LogP contribution is -2.30. The normalized spacial score (nSPS) is 10.5. The van der Waals surface area contributed by atoms with E-state index in [0.717, 1.165) is 23.5 Å². The van der Waals surface area contributed by atoms with Crippen LogP contribution in [0.1, 0.15) is 12.5 Å². The van der Waals surface area contributed by atoms with Crippen LogP contribution in [0.4, 0.5) is 5.69 Å². The first-order valence-corrected chi connectivity index (χ1v) is 8.11. The summed E-state index contributed by atoms with van der Waals surface area (Å²) in [6.45, 7) is 3.28. The van der Waals surface area contributed by atoms with Gasteiger partial charge in [-0.15, -0.1) is 24.0 Å². The van der Waals surface area contributed by atoms with E-state index in [2.05, 4.69) is 15.6 Å². The van der Waals surface area contributed by atoms with Gasteiger partial charge < -0.3 is 24.8 Å². The summed E-state index contributed by atoms with van der Waals surface area (Å²) in [7, 11) is 4.89. The molecule has 26 heavy (non-hydrogen) atoms. The highest BCUT2D eigenvalue weighted by Crippen LogP contribution is 2.29. The van der Waals surface area contributed by atoms with Crippen molar-refractivity contribution in [3.8, 4) is 17.2 Å². The number of benzene rings is 2. The number of methoxy groups -OCH3 is 3. The van der Waals surface area contributed by atoms with Gasteiger partial charge in [-0.25, -0.2) is 4.99 Å². The van der Waals surface area contributed by atoms with Crippen molar-refractivity contribution in [1.82, 2.24) is 5.32 Å². The molecule has 2 aromatic rings. The second-order valence-electron chi connectivity index (χ2n) is 5.20. The molecular formula is C19H26IN3O3. The van der Waals surface area contributed by atoms with Crippen molar-refractivity contribution < 1.29 is 14.2 Å². The first-order valence-electron chi connectivity index (χ1n) is 8.11. The Morgan fingerprint density at radius 2 is 1.62 bits per heavy atom. The van der Waals surface area contributed by atoms with E-state index in [0.29, 0.717) is 24.0 Å². The minimum absolute atomic E-state index is 0. The van der Waals surface area contributed by atoms with E-state index in [4.69, 9.17) is 14.2 Å². The van der Waals surface area contributed by atoms with Gasteiger partial charge in [-0.3, -0.25) is 0 Å². The van der Waals surface area contributed by atoms with Gasteiger partial charge in [-0.1, -0.05) is 18.2 Å². The van der Waals surface area contributed by atoms with Crippen molar-refractivity contribution in [2.24, 2.45) is 4.99 Å². The largest absolute Gasteiger partial charge is 0.496 e. The zero-order valence-corrected chi connectivity index (χ0v) is 17.9. The highest BCUT2D eigenvalue weighted by Gasteiger charge is 2.07. The van der Waals surface area contributed by atoms with Crippen LogP contribution in [-0.4, -0.2) is 33.8 Å². The first-order chi connectivity index (χ1) is 12.2. The van der Waals surface area contributed by atoms with Crippen LogP contribution in [0.5, 0.6) is 17.2 Å². The third-order valence-electron chi connectivity index (χ3n) is 3.59. The summed E-state index contributed by atoms with van der Waals surface area (Å²) >= 11 is 0. The molecule has 0 saturated heterocycles. The Morgan fingerprint density at radius 3 is 2.27 bits per heavy atom. The maximum absolute atomic E-state index is 5.37. The molecule has 7 heteroatoms. The molecule has 2 aromatic carbocycles. The lowest BCUT2D eigenvalue weighted by atomic mass is 10.2. The van der Waals surface area contributed by atoms with Gasteiger partial charge in [0.1, 0.15) is 5.75 Å². The fourth-order valence-corrected chi connectivity index (χ4v) is 2.36. The SMILES string of the molecule is CCNC(=NCc1ccccc1OC)Nc1ccc(OC)c(OC)c1.I. The summed E-state index contributed by atoms with van der Waals surface area (Å²) < 4.78 is 16.0. The molecule has 0 unspecified atom stereocenters. The maximum Gasteiger partial charge on any atom is 0.196 e. The fraction of sp³-hybridized carbons (Fsp3) is 0.316. The summed E-state index contributed by atoms with van der Waals surface area (Å²) in [5.74, 6) is 2.85. The Kier molecular flexibility index (Phi) is 9.64. The number of ether oxygens (including phenoxy) is 3. The second-order valence-corrected chi connectivity index (χ2v) is 5.20. The minimum Gasteiger partial charge on any atom is -0.496 e. The molecule has 0 saturated carbocycles. The van der Waals surface area contributed by atoms with E-state index < -0.39 is 0 Å². The molecule has 0 fully saturated rings. The van der Waals surface area contributed by atoms with Crippen LogP contribution in [0.3, 0.4) is 0 Å². The second kappa shape index (κ2) is 11.5. The summed E-state index contributed by atoms with van der Waals surface area (Å²) in [5.41, 5.74) is 1.88. The zero-order valence-electron chi connectivity index (χ0n) is 15.5. The lowest BCUT2D eigenvalue weighted by molar-refractivity contribution is 0.355. The van der Waals surface area contributed by atoms with Crippen molar-refractivity contribution in [2.45, 2.75) is 13.5 Å². The molecule has 0 heterocycles. The Labute approximate surface area is 172 Å². The summed E-state index contributed by atoms with van der Waals surface area (Å²) in [4.78, 5) is 4.63. The van der Waals surface area contributed by atoms with Gasteiger partial charge in [0.2, 0.25) is 0 Å². The van der Waals surface area contributed by atoms with Gasteiger partial charge in [-0.05, 0) is 25.1 Å². The number of nitrogens with zero attached hydrogens (tertiary/aromatic N) is 1.